The number of aromatic nitrogens is 2. The minimum Gasteiger partial charge on any atom is -0.328 e. The molecule has 0 aliphatic heterocycles. The molecule has 1 aromatic heterocycles. The van der Waals surface area contributed by atoms with Crippen LogP contribution >= 0.6 is 0 Å². The zero-order valence-electron chi connectivity index (χ0n) is 12.6. The maximum atomic E-state index is 4.81. The molecule has 0 saturated heterocycles. The van der Waals surface area contributed by atoms with Crippen LogP contribution in [0, 0.1) is 5.92 Å². The van der Waals surface area contributed by atoms with Crippen molar-refractivity contribution in [1.29, 1.82) is 0 Å². The van der Waals surface area contributed by atoms with Gasteiger partial charge in [0.2, 0.25) is 0 Å². The summed E-state index contributed by atoms with van der Waals surface area (Å²) in [6.45, 7) is 3.21. The van der Waals surface area contributed by atoms with Gasteiger partial charge in [-0.15, -0.1) is 0 Å². The summed E-state index contributed by atoms with van der Waals surface area (Å²) in [5.41, 5.74) is 2.41. The molecule has 3 nitrogen and oxygen atoms in total. The molecule has 1 aliphatic rings. The van der Waals surface area contributed by atoms with Gasteiger partial charge < -0.3 is 9.88 Å². The summed E-state index contributed by atoms with van der Waals surface area (Å²) in [5.74, 6) is 2.18. The van der Waals surface area contributed by atoms with Gasteiger partial charge in [0.15, 0.2) is 0 Å². The van der Waals surface area contributed by atoms with Gasteiger partial charge in [-0.05, 0) is 57.7 Å². The standard InChI is InChI=1S/C17H25N3/c1-3-20-16-9-5-4-7-15(16)19-17(20)10-6-8-14(18-2)13-11-12-13/h4-5,7,9,13-14,18H,3,6,8,10-12H2,1-2H3. The molecule has 3 rings (SSSR count). The molecule has 1 N–H and O–H groups in total. The Labute approximate surface area is 121 Å². The van der Waals surface area contributed by atoms with Crippen molar-refractivity contribution in [3.05, 3.63) is 30.1 Å². The first-order chi connectivity index (χ1) is 9.83. The van der Waals surface area contributed by atoms with Gasteiger partial charge in [-0.1, -0.05) is 12.1 Å². The number of para-hydroxylation sites is 2. The van der Waals surface area contributed by atoms with Crippen molar-refractivity contribution in [3.8, 4) is 0 Å². The van der Waals surface area contributed by atoms with Crippen molar-refractivity contribution in [2.45, 2.75) is 51.6 Å². The topological polar surface area (TPSA) is 29.9 Å². The van der Waals surface area contributed by atoms with E-state index >= 15 is 0 Å². The lowest BCUT2D eigenvalue weighted by molar-refractivity contribution is 0.452. The third-order valence-corrected chi connectivity index (χ3v) is 4.53. The number of nitrogens with one attached hydrogen (secondary N) is 1. The summed E-state index contributed by atoms with van der Waals surface area (Å²) in [5, 5.41) is 3.48. The van der Waals surface area contributed by atoms with E-state index in [1.54, 1.807) is 0 Å². The number of nitrogens with zero attached hydrogens (tertiary/aromatic N) is 2. The SMILES string of the molecule is CCn1c(CCCC(NC)C2CC2)nc2ccccc21. The monoisotopic (exact) mass is 271 g/mol. The van der Waals surface area contributed by atoms with Gasteiger partial charge >= 0.3 is 0 Å². The van der Waals surface area contributed by atoms with Crippen molar-refractivity contribution in [2.24, 2.45) is 5.92 Å². The first kappa shape index (κ1) is 13.6. The van der Waals surface area contributed by atoms with Crippen LogP contribution in [0.1, 0.15) is 38.4 Å². The van der Waals surface area contributed by atoms with Gasteiger partial charge in [-0.3, -0.25) is 0 Å². The Morgan fingerprint density at radius 1 is 1.35 bits per heavy atom. The number of aryl methyl sites for hydroxylation is 2. The molecule has 0 spiro atoms. The van der Waals surface area contributed by atoms with E-state index in [2.05, 4.69) is 48.1 Å². The van der Waals surface area contributed by atoms with Crippen molar-refractivity contribution >= 4 is 11.0 Å². The predicted molar refractivity (Wildman–Crippen MR) is 83.9 cm³/mol. The Bertz CT molecular complexity index is 569. The molecule has 108 valence electrons. The highest BCUT2D eigenvalue weighted by Gasteiger charge is 2.29. The Morgan fingerprint density at radius 2 is 2.15 bits per heavy atom. The molecule has 1 heterocycles. The molecule has 0 bridgehead atoms. The molecule has 2 aromatic rings. The molecule has 1 saturated carbocycles. The third kappa shape index (κ3) is 2.73. The first-order valence-electron chi connectivity index (χ1n) is 7.95. The molecule has 1 unspecified atom stereocenters. The molecule has 3 heteroatoms. The van der Waals surface area contributed by atoms with E-state index in [1.165, 1.54) is 37.0 Å². The molecule has 1 atom stereocenters. The highest BCUT2D eigenvalue weighted by molar-refractivity contribution is 5.75. The summed E-state index contributed by atoms with van der Waals surface area (Å²) < 4.78 is 2.36. The first-order valence-corrected chi connectivity index (χ1v) is 7.95. The number of rotatable bonds is 7. The predicted octanol–water partition coefficient (Wildman–Crippen LogP) is 3.38. The lowest BCUT2D eigenvalue weighted by Crippen LogP contribution is -2.27. The summed E-state index contributed by atoms with van der Waals surface area (Å²) >= 11 is 0. The lowest BCUT2D eigenvalue weighted by Gasteiger charge is -2.15. The minimum atomic E-state index is 0.717. The average molecular weight is 271 g/mol. The molecular weight excluding hydrogens is 246 g/mol. The molecule has 0 amide bonds. The van der Waals surface area contributed by atoms with Crippen LogP contribution in [0.4, 0.5) is 0 Å². The fourth-order valence-corrected chi connectivity index (χ4v) is 3.26. The van der Waals surface area contributed by atoms with Crippen LogP contribution in [-0.4, -0.2) is 22.6 Å². The molecule has 20 heavy (non-hydrogen) atoms. The smallest absolute Gasteiger partial charge is 0.109 e. The Morgan fingerprint density at radius 3 is 2.85 bits per heavy atom. The van der Waals surface area contributed by atoms with Gasteiger partial charge in [0.1, 0.15) is 5.82 Å². The highest BCUT2D eigenvalue weighted by Crippen LogP contribution is 2.34. The van der Waals surface area contributed by atoms with E-state index in [1.807, 2.05) is 0 Å². The van der Waals surface area contributed by atoms with Gasteiger partial charge in [0.05, 0.1) is 11.0 Å². The second-order valence-corrected chi connectivity index (χ2v) is 5.89. The number of imidazole rings is 1. The summed E-state index contributed by atoms with van der Waals surface area (Å²) in [7, 11) is 2.10. The number of benzene rings is 1. The van der Waals surface area contributed by atoms with Crippen LogP contribution in [0.3, 0.4) is 0 Å². The summed E-state index contributed by atoms with van der Waals surface area (Å²) in [6.07, 6.45) is 6.42. The maximum Gasteiger partial charge on any atom is 0.109 e. The van der Waals surface area contributed by atoms with Crippen LogP contribution in [0.2, 0.25) is 0 Å². The van der Waals surface area contributed by atoms with Crippen LogP contribution in [0.15, 0.2) is 24.3 Å². The van der Waals surface area contributed by atoms with Crippen molar-refractivity contribution in [2.75, 3.05) is 7.05 Å². The fraction of sp³-hybridized carbons (Fsp3) is 0.588. The third-order valence-electron chi connectivity index (χ3n) is 4.53. The summed E-state index contributed by atoms with van der Waals surface area (Å²) in [6, 6.07) is 9.18. The normalized spacial score (nSPS) is 16.7. The quantitative estimate of drug-likeness (QED) is 0.836. The van der Waals surface area contributed by atoms with Gasteiger partial charge in [-0.2, -0.15) is 0 Å². The molecule has 1 fully saturated rings. The van der Waals surface area contributed by atoms with Gasteiger partial charge in [0, 0.05) is 19.0 Å². The van der Waals surface area contributed by atoms with Crippen LogP contribution < -0.4 is 5.32 Å². The average Bonchev–Trinajstić information content (AvgIpc) is 3.24. The Kier molecular flexibility index (Phi) is 4.06. The van der Waals surface area contributed by atoms with E-state index in [0.29, 0.717) is 0 Å². The number of hydrogen-bond donors (Lipinski definition) is 1. The largest absolute Gasteiger partial charge is 0.328 e. The van der Waals surface area contributed by atoms with Crippen molar-refractivity contribution in [3.63, 3.8) is 0 Å². The fourth-order valence-electron chi connectivity index (χ4n) is 3.26. The number of fused-ring (bicyclic) bond motifs is 1. The van der Waals surface area contributed by atoms with Crippen LogP contribution in [-0.2, 0) is 13.0 Å². The molecular formula is C17H25N3. The van der Waals surface area contributed by atoms with E-state index in [0.717, 1.165) is 30.4 Å². The zero-order chi connectivity index (χ0) is 13.9. The lowest BCUT2D eigenvalue weighted by atomic mass is 10.1. The maximum absolute atomic E-state index is 4.81. The minimum absolute atomic E-state index is 0.717. The Hall–Kier alpha value is -1.35. The van der Waals surface area contributed by atoms with Crippen molar-refractivity contribution < 1.29 is 0 Å². The van der Waals surface area contributed by atoms with E-state index in [4.69, 9.17) is 4.98 Å². The van der Waals surface area contributed by atoms with Crippen LogP contribution in [0.25, 0.3) is 11.0 Å². The van der Waals surface area contributed by atoms with Crippen LogP contribution in [0.5, 0.6) is 0 Å². The molecule has 0 radical (unpaired) electrons. The number of hydrogen-bond acceptors (Lipinski definition) is 2. The van der Waals surface area contributed by atoms with Crippen molar-refractivity contribution in [1.82, 2.24) is 14.9 Å². The van der Waals surface area contributed by atoms with Gasteiger partial charge in [-0.25, -0.2) is 4.98 Å². The highest BCUT2D eigenvalue weighted by atomic mass is 15.1. The second-order valence-electron chi connectivity index (χ2n) is 5.89. The van der Waals surface area contributed by atoms with E-state index in [-0.39, 0.29) is 0 Å². The van der Waals surface area contributed by atoms with E-state index in [9.17, 15) is 0 Å². The second kappa shape index (κ2) is 5.96. The summed E-state index contributed by atoms with van der Waals surface area (Å²) in [4.78, 5) is 4.81. The molecule has 1 aliphatic carbocycles. The molecule has 1 aromatic carbocycles. The zero-order valence-corrected chi connectivity index (χ0v) is 12.6. The van der Waals surface area contributed by atoms with E-state index < -0.39 is 0 Å². The van der Waals surface area contributed by atoms with Gasteiger partial charge in [0.25, 0.3) is 0 Å². The Balaban J connectivity index is 1.67.